The summed E-state index contributed by atoms with van der Waals surface area (Å²) in [6.45, 7) is 7.02. The van der Waals surface area contributed by atoms with Gasteiger partial charge in [-0.15, -0.1) is 0 Å². The van der Waals surface area contributed by atoms with E-state index < -0.39 is 6.10 Å². The fourth-order valence-corrected chi connectivity index (χ4v) is 4.97. The lowest BCUT2D eigenvalue weighted by molar-refractivity contribution is -0.145. The number of likely N-dealkylation sites (tertiary alicyclic amines) is 1. The van der Waals surface area contributed by atoms with Crippen LogP contribution in [0.4, 0.5) is 0 Å². The molecule has 0 amide bonds. The van der Waals surface area contributed by atoms with Crippen molar-refractivity contribution in [2.75, 3.05) is 19.6 Å². The summed E-state index contributed by atoms with van der Waals surface area (Å²) in [6, 6.07) is 0. The molecule has 4 aliphatic rings. The minimum atomic E-state index is -0.492. The second kappa shape index (κ2) is 6.67. The first-order valence-corrected chi connectivity index (χ1v) is 9.93. The molecule has 4 rings (SSSR count). The predicted octanol–water partition coefficient (Wildman–Crippen LogP) is 2.28. The fourth-order valence-electron chi connectivity index (χ4n) is 4.97. The molecule has 3 saturated heterocycles. The van der Waals surface area contributed by atoms with Gasteiger partial charge in [-0.3, -0.25) is 4.79 Å². The van der Waals surface area contributed by atoms with Crippen molar-refractivity contribution in [2.45, 2.75) is 76.3 Å². The molecule has 0 spiro atoms. The van der Waals surface area contributed by atoms with Crippen LogP contribution in [0, 0.1) is 11.8 Å². The zero-order chi connectivity index (χ0) is 17.6. The number of epoxide rings is 1. The monoisotopic (exact) mass is 349 g/mol. The molecule has 0 bridgehead atoms. The Labute approximate surface area is 150 Å². The van der Waals surface area contributed by atoms with Gasteiger partial charge in [0.25, 0.3) is 0 Å². The number of esters is 1. The van der Waals surface area contributed by atoms with E-state index in [0.29, 0.717) is 6.42 Å². The number of piperidine rings is 1. The fraction of sp³-hybridized carbons (Fsp3) is 0.850. The molecular formula is C20H31NO4. The lowest BCUT2D eigenvalue weighted by Crippen LogP contribution is -2.40. The number of rotatable bonds is 2. The van der Waals surface area contributed by atoms with Crippen molar-refractivity contribution in [2.24, 2.45) is 11.8 Å². The van der Waals surface area contributed by atoms with Crippen LogP contribution in [0.2, 0.25) is 0 Å². The number of allylic oxidation sites excluding steroid dienone is 1. The molecule has 6 atom stereocenters. The van der Waals surface area contributed by atoms with E-state index in [4.69, 9.17) is 9.47 Å². The lowest BCUT2D eigenvalue weighted by atomic mass is 9.79. The highest BCUT2D eigenvalue weighted by molar-refractivity contribution is 5.76. The molecule has 5 heteroatoms. The molecule has 0 aromatic heterocycles. The summed E-state index contributed by atoms with van der Waals surface area (Å²) in [5.41, 5.74) is 0.833. The normalized spacial score (nSPS) is 45.2. The average molecular weight is 349 g/mol. The van der Waals surface area contributed by atoms with Gasteiger partial charge >= 0.3 is 5.97 Å². The summed E-state index contributed by atoms with van der Waals surface area (Å²) in [5, 5.41) is 10.6. The molecule has 0 aromatic rings. The van der Waals surface area contributed by atoms with Crippen LogP contribution < -0.4 is 0 Å². The van der Waals surface area contributed by atoms with Crippen LogP contribution in [0.1, 0.15) is 52.4 Å². The zero-order valence-corrected chi connectivity index (χ0v) is 15.4. The molecule has 1 N–H and O–H groups in total. The van der Waals surface area contributed by atoms with Crippen LogP contribution in [0.3, 0.4) is 0 Å². The molecule has 3 aliphatic heterocycles. The third-order valence-electron chi connectivity index (χ3n) is 6.76. The van der Waals surface area contributed by atoms with Crippen molar-refractivity contribution in [1.29, 1.82) is 0 Å². The van der Waals surface area contributed by atoms with E-state index in [2.05, 4.69) is 17.9 Å². The largest absolute Gasteiger partial charge is 0.459 e. The van der Waals surface area contributed by atoms with Crippen LogP contribution in [-0.2, 0) is 14.3 Å². The van der Waals surface area contributed by atoms with Gasteiger partial charge in [0.1, 0.15) is 12.2 Å². The van der Waals surface area contributed by atoms with E-state index in [-0.39, 0.29) is 35.6 Å². The Kier molecular flexibility index (Phi) is 4.67. The minimum absolute atomic E-state index is 0.00758. The molecule has 25 heavy (non-hydrogen) atoms. The van der Waals surface area contributed by atoms with Gasteiger partial charge in [0.2, 0.25) is 0 Å². The Bertz CT molecular complexity index is 556. The number of fused-ring (bicyclic) bond motifs is 3. The van der Waals surface area contributed by atoms with E-state index >= 15 is 0 Å². The molecule has 0 radical (unpaired) electrons. The van der Waals surface area contributed by atoms with E-state index in [1.54, 1.807) is 0 Å². The molecule has 0 saturated carbocycles. The van der Waals surface area contributed by atoms with E-state index in [0.717, 1.165) is 38.0 Å². The van der Waals surface area contributed by atoms with Crippen molar-refractivity contribution in [3.63, 3.8) is 0 Å². The van der Waals surface area contributed by atoms with Gasteiger partial charge in [-0.1, -0.05) is 12.5 Å². The SMILES string of the molecule is CC1=CCC[C@@]2(C)O[C@@H]2[C@H]2OC(=O)[C@@H](CN3CCCCC3)[C@@H]2C[C@H]1O. The molecule has 0 aromatic carbocycles. The highest BCUT2D eigenvalue weighted by Gasteiger charge is 2.63. The summed E-state index contributed by atoms with van der Waals surface area (Å²) in [4.78, 5) is 15.1. The number of nitrogens with zero attached hydrogens (tertiary/aromatic N) is 1. The number of aliphatic hydroxyl groups is 1. The summed E-state index contributed by atoms with van der Waals surface area (Å²) in [7, 11) is 0. The summed E-state index contributed by atoms with van der Waals surface area (Å²) in [6.07, 6.45) is 7.55. The maximum atomic E-state index is 12.7. The Balaban J connectivity index is 1.55. The first-order chi connectivity index (χ1) is 12.0. The average Bonchev–Trinajstić information content (AvgIpc) is 3.17. The highest BCUT2D eigenvalue weighted by atomic mass is 16.6. The van der Waals surface area contributed by atoms with Gasteiger partial charge in [-0.05, 0) is 64.6 Å². The second-order valence-electron chi connectivity index (χ2n) is 8.62. The first-order valence-electron chi connectivity index (χ1n) is 9.93. The molecule has 3 fully saturated rings. The van der Waals surface area contributed by atoms with Gasteiger partial charge in [-0.2, -0.15) is 0 Å². The quantitative estimate of drug-likeness (QED) is 0.471. The number of carbonyl (C=O) groups excluding carboxylic acids is 1. The van der Waals surface area contributed by atoms with Crippen molar-refractivity contribution in [3.05, 3.63) is 11.6 Å². The maximum Gasteiger partial charge on any atom is 0.311 e. The smallest absolute Gasteiger partial charge is 0.311 e. The van der Waals surface area contributed by atoms with Gasteiger partial charge < -0.3 is 19.5 Å². The minimum Gasteiger partial charge on any atom is -0.459 e. The molecule has 3 heterocycles. The van der Waals surface area contributed by atoms with Crippen molar-refractivity contribution in [1.82, 2.24) is 4.90 Å². The van der Waals surface area contributed by atoms with Gasteiger partial charge in [0.05, 0.1) is 17.6 Å². The van der Waals surface area contributed by atoms with Crippen LogP contribution in [0.25, 0.3) is 0 Å². The molecular weight excluding hydrogens is 318 g/mol. The molecule has 5 nitrogen and oxygen atoms in total. The van der Waals surface area contributed by atoms with Crippen LogP contribution >= 0.6 is 0 Å². The third kappa shape index (κ3) is 3.38. The molecule has 1 aliphatic carbocycles. The van der Waals surface area contributed by atoms with Crippen molar-refractivity contribution < 1.29 is 19.4 Å². The Morgan fingerprint density at radius 2 is 2.08 bits per heavy atom. The van der Waals surface area contributed by atoms with Gasteiger partial charge in [-0.25, -0.2) is 0 Å². The molecule has 140 valence electrons. The number of carbonyl (C=O) groups is 1. The number of hydrogen-bond acceptors (Lipinski definition) is 5. The zero-order valence-electron chi connectivity index (χ0n) is 15.4. The predicted molar refractivity (Wildman–Crippen MR) is 94.0 cm³/mol. The summed E-state index contributed by atoms with van der Waals surface area (Å²) in [5.74, 6) is -0.192. The van der Waals surface area contributed by atoms with E-state index in [1.165, 1.54) is 19.3 Å². The van der Waals surface area contributed by atoms with Crippen LogP contribution in [0.15, 0.2) is 11.6 Å². The van der Waals surface area contributed by atoms with Crippen LogP contribution in [-0.4, -0.2) is 59.5 Å². The standard InChI is InChI=1S/C20H31NO4/c1-13-7-6-8-20(2)18(25-20)17-14(11-16(13)22)15(19(23)24-17)12-21-9-4-3-5-10-21/h7,14-18,22H,3-6,8-12H2,1-2H3/t14-,15-,16+,17-,18+,20+/m0/s1. The van der Waals surface area contributed by atoms with Gasteiger partial charge in [0, 0.05) is 12.5 Å². The van der Waals surface area contributed by atoms with E-state index in [1.807, 2.05) is 6.92 Å². The Morgan fingerprint density at radius 1 is 1.32 bits per heavy atom. The first kappa shape index (κ1) is 17.5. The number of hydrogen-bond donors (Lipinski definition) is 1. The maximum absolute atomic E-state index is 12.7. The van der Waals surface area contributed by atoms with E-state index in [9.17, 15) is 9.90 Å². The third-order valence-corrected chi connectivity index (χ3v) is 6.76. The van der Waals surface area contributed by atoms with Gasteiger partial charge in [0.15, 0.2) is 0 Å². The topological polar surface area (TPSA) is 62.3 Å². The second-order valence-corrected chi connectivity index (χ2v) is 8.62. The summed E-state index contributed by atoms with van der Waals surface area (Å²) < 4.78 is 11.8. The Morgan fingerprint density at radius 3 is 2.84 bits per heavy atom. The van der Waals surface area contributed by atoms with Crippen molar-refractivity contribution >= 4 is 5.97 Å². The Hall–Kier alpha value is -0.910. The molecule has 0 unspecified atom stereocenters. The number of aliphatic hydroxyl groups excluding tert-OH is 1. The highest BCUT2D eigenvalue weighted by Crippen LogP contribution is 2.50. The van der Waals surface area contributed by atoms with Crippen molar-refractivity contribution in [3.8, 4) is 0 Å². The summed E-state index contributed by atoms with van der Waals surface area (Å²) >= 11 is 0. The lowest BCUT2D eigenvalue weighted by Gasteiger charge is -2.31. The van der Waals surface area contributed by atoms with Crippen LogP contribution in [0.5, 0.6) is 0 Å². The number of ether oxygens (including phenoxy) is 2.